The van der Waals surface area contributed by atoms with Crippen LogP contribution in [0.2, 0.25) is 0 Å². The van der Waals surface area contributed by atoms with Gasteiger partial charge in [0.05, 0.1) is 0 Å². The Morgan fingerprint density at radius 3 is 2.44 bits per heavy atom. The summed E-state index contributed by atoms with van der Waals surface area (Å²) < 4.78 is 0. The van der Waals surface area contributed by atoms with E-state index in [4.69, 9.17) is 0 Å². The number of hydrogen-bond acceptors (Lipinski definition) is 3. The monoisotopic (exact) mass is 237 g/mol. The Morgan fingerprint density at radius 1 is 1.38 bits per heavy atom. The van der Waals surface area contributed by atoms with Crippen LogP contribution in [-0.4, -0.2) is 19.1 Å². The second kappa shape index (κ2) is 6.71. The third-order valence-corrected chi connectivity index (χ3v) is 3.40. The van der Waals surface area contributed by atoms with Gasteiger partial charge in [0.2, 0.25) is 0 Å². The highest BCUT2D eigenvalue weighted by molar-refractivity contribution is 7.98. The van der Waals surface area contributed by atoms with Gasteiger partial charge in [-0.2, -0.15) is 0 Å². The summed E-state index contributed by atoms with van der Waals surface area (Å²) in [6.07, 6.45) is 3.57. The van der Waals surface area contributed by atoms with E-state index in [-0.39, 0.29) is 11.8 Å². The van der Waals surface area contributed by atoms with Crippen molar-refractivity contribution in [3.8, 4) is 0 Å². The van der Waals surface area contributed by atoms with Crippen LogP contribution in [0.3, 0.4) is 0 Å². The molecule has 1 rings (SSSR count). The fourth-order valence-electron chi connectivity index (χ4n) is 1.66. The minimum absolute atomic E-state index is 0.251. The van der Waals surface area contributed by atoms with E-state index < -0.39 is 0 Å². The zero-order valence-corrected chi connectivity index (χ0v) is 10.9. The number of nitrogens with one attached hydrogen (secondary N) is 1. The number of benzene rings is 1. The van der Waals surface area contributed by atoms with Crippen molar-refractivity contribution in [1.29, 1.82) is 0 Å². The average molecular weight is 237 g/mol. The predicted molar refractivity (Wildman–Crippen MR) is 69.9 cm³/mol. The van der Waals surface area contributed by atoms with Crippen LogP contribution in [0.1, 0.15) is 31.4 Å². The largest absolute Gasteiger partial charge is 0.313 e. The summed E-state index contributed by atoms with van der Waals surface area (Å²) in [5, 5.41) is 3.25. The van der Waals surface area contributed by atoms with Gasteiger partial charge in [-0.3, -0.25) is 0 Å². The van der Waals surface area contributed by atoms with Crippen molar-refractivity contribution in [3.05, 3.63) is 29.8 Å². The Morgan fingerprint density at radius 2 is 2.00 bits per heavy atom. The normalized spacial score (nSPS) is 12.4. The van der Waals surface area contributed by atoms with Crippen molar-refractivity contribution in [1.82, 2.24) is 5.32 Å². The topological polar surface area (TPSA) is 29.1 Å². The molecule has 1 atom stereocenters. The van der Waals surface area contributed by atoms with Crippen molar-refractivity contribution in [3.63, 3.8) is 0 Å². The van der Waals surface area contributed by atoms with E-state index in [0.29, 0.717) is 6.42 Å². The van der Waals surface area contributed by atoms with Crippen LogP contribution in [0.4, 0.5) is 0 Å². The highest BCUT2D eigenvalue weighted by atomic mass is 32.2. The molecule has 0 bridgehead atoms. The number of carbonyl (C=O) groups is 1. The van der Waals surface area contributed by atoms with E-state index in [1.54, 1.807) is 18.7 Å². The lowest BCUT2D eigenvalue weighted by molar-refractivity contribution is -0.117. The van der Waals surface area contributed by atoms with E-state index >= 15 is 0 Å². The zero-order valence-electron chi connectivity index (χ0n) is 10.1. The highest BCUT2D eigenvalue weighted by Gasteiger charge is 2.09. The molecule has 0 aliphatic rings. The van der Waals surface area contributed by atoms with Crippen LogP contribution in [0, 0.1) is 0 Å². The zero-order chi connectivity index (χ0) is 12.0. The molecule has 0 saturated heterocycles. The molecule has 16 heavy (non-hydrogen) atoms. The Balaban J connectivity index is 2.66. The lowest BCUT2D eigenvalue weighted by atomic mass is 10.0. The van der Waals surface area contributed by atoms with Crippen molar-refractivity contribution in [2.24, 2.45) is 0 Å². The molecule has 0 aliphatic heterocycles. The van der Waals surface area contributed by atoms with Crippen molar-refractivity contribution >= 4 is 17.5 Å². The first-order chi connectivity index (χ1) is 7.67. The Bertz CT molecular complexity index is 334. The molecule has 0 amide bonds. The fourth-order valence-corrected chi connectivity index (χ4v) is 2.07. The van der Waals surface area contributed by atoms with E-state index in [0.717, 1.165) is 6.42 Å². The molecule has 1 aromatic rings. The SMILES string of the molecule is CNC(CCC(C)=O)c1ccc(SC)cc1. The average Bonchev–Trinajstić information content (AvgIpc) is 2.30. The number of hydrogen-bond donors (Lipinski definition) is 1. The van der Waals surface area contributed by atoms with Crippen molar-refractivity contribution < 1.29 is 4.79 Å². The molecule has 0 aliphatic carbocycles. The van der Waals surface area contributed by atoms with Gasteiger partial charge >= 0.3 is 0 Å². The Hall–Kier alpha value is -0.800. The highest BCUT2D eigenvalue weighted by Crippen LogP contribution is 2.21. The molecule has 0 spiro atoms. The molecule has 88 valence electrons. The van der Waals surface area contributed by atoms with Crippen LogP contribution in [0.5, 0.6) is 0 Å². The third-order valence-electron chi connectivity index (χ3n) is 2.65. The third kappa shape index (κ3) is 3.99. The Kier molecular flexibility index (Phi) is 5.56. The maximum atomic E-state index is 11.0. The van der Waals surface area contributed by atoms with E-state index in [1.807, 2.05) is 7.05 Å². The standard InChI is InChI=1S/C13H19NOS/c1-10(15)4-9-13(14-2)11-5-7-12(16-3)8-6-11/h5-8,13-14H,4,9H2,1-3H3. The first kappa shape index (κ1) is 13.3. The van der Waals surface area contributed by atoms with Gasteiger partial charge in [-0.1, -0.05) is 12.1 Å². The molecule has 0 radical (unpaired) electrons. The van der Waals surface area contributed by atoms with Crippen molar-refractivity contribution in [2.45, 2.75) is 30.7 Å². The lowest BCUT2D eigenvalue weighted by Gasteiger charge is -2.16. The molecule has 1 N–H and O–H groups in total. The first-order valence-corrected chi connectivity index (χ1v) is 6.70. The van der Waals surface area contributed by atoms with Crippen LogP contribution in [0.15, 0.2) is 29.2 Å². The minimum Gasteiger partial charge on any atom is -0.313 e. The second-order valence-electron chi connectivity index (χ2n) is 3.86. The summed E-state index contributed by atoms with van der Waals surface area (Å²) in [7, 11) is 1.94. The van der Waals surface area contributed by atoms with Gasteiger partial charge in [0, 0.05) is 17.4 Å². The summed E-state index contributed by atoms with van der Waals surface area (Å²) in [6, 6.07) is 8.79. The first-order valence-electron chi connectivity index (χ1n) is 5.48. The van der Waals surface area contributed by atoms with Crippen LogP contribution >= 0.6 is 11.8 Å². The van der Waals surface area contributed by atoms with Gasteiger partial charge in [0.1, 0.15) is 5.78 Å². The number of thioether (sulfide) groups is 1. The molecule has 0 aromatic heterocycles. The van der Waals surface area contributed by atoms with Crippen LogP contribution in [-0.2, 0) is 4.79 Å². The number of carbonyl (C=O) groups excluding carboxylic acids is 1. The molecule has 1 unspecified atom stereocenters. The molecule has 1 aromatic carbocycles. The minimum atomic E-state index is 0.251. The summed E-state index contributed by atoms with van der Waals surface area (Å²) in [6.45, 7) is 1.64. The maximum Gasteiger partial charge on any atom is 0.129 e. The predicted octanol–water partition coefficient (Wildman–Crippen LogP) is 3.04. The van der Waals surface area contributed by atoms with Gasteiger partial charge in [0.15, 0.2) is 0 Å². The molecular formula is C13H19NOS. The van der Waals surface area contributed by atoms with Gasteiger partial charge in [-0.15, -0.1) is 11.8 Å². The molecule has 3 heteroatoms. The van der Waals surface area contributed by atoms with E-state index in [1.165, 1.54) is 10.5 Å². The van der Waals surface area contributed by atoms with Gasteiger partial charge < -0.3 is 10.1 Å². The summed E-state index contributed by atoms with van der Waals surface area (Å²) in [5.74, 6) is 0.251. The van der Waals surface area contributed by atoms with Crippen LogP contribution < -0.4 is 5.32 Å². The second-order valence-corrected chi connectivity index (χ2v) is 4.73. The smallest absolute Gasteiger partial charge is 0.129 e. The van der Waals surface area contributed by atoms with E-state index in [9.17, 15) is 4.79 Å². The molecule has 2 nitrogen and oxygen atoms in total. The van der Waals surface area contributed by atoms with Crippen molar-refractivity contribution in [2.75, 3.05) is 13.3 Å². The van der Waals surface area contributed by atoms with Crippen LogP contribution in [0.25, 0.3) is 0 Å². The number of rotatable bonds is 6. The number of ketones is 1. The lowest BCUT2D eigenvalue weighted by Crippen LogP contribution is -2.17. The molecule has 0 saturated carbocycles. The summed E-state index contributed by atoms with van der Waals surface area (Å²) in [5.41, 5.74) is 1.25. The Labute approximate surface area is 102 Å². The van der Waals surface area contributed by atoms with Gasteiger partial charge in [0.25, 0.3) is 0 Å². The van der Waals surface area contributed by atoms with Gasteiger partial charge in [-0.25, -0.2) is 0 Å². The summed E-state index contributed by atoms with van der Waals surface area (Å²) in [4.78, 5) is 12.2. The maximum absolute atomic E-state index is 11.0. The van der Waals surface area contributed by atoms with E-state index in [2.05, 4.69) is 35.8 Å². The summed E-state index contributed by atoms with van der Waals surface area (Å²) >= 11 is 1.74. The fraction of sp³-hybridized carbons (Fsp3) is 0.462. The quantitative estimate of drug-likeness (QED) is 0.771. The molecule has 0 heterocycles. The molecule has 0 fully saturated rings. The number of Topliss-reactive ketones (excluding diaryl/α,β-unsaturated/α-hetero) is 1. The van der Waals surface area contributed by atoms with Gasteiger partial charge in [-0.05, 0) is 44.3 Å². The molecular weight excluding hydrogens is 218 g/mol.